The lowest BCUT2D eigenvalue weighted by molar-refractivity contribution is -0.129. The molecule has 1 heterocycles. The molecular weight excluding hydrogens is 365 g/mol. The molecule has 0 fully saturated rings. The van der Waals surface area contributed by atoms with Gasteiger partial charge < -0.3 is 9.47 Å². The Kier molecular flexibility index (Phi) is 4.25. The summed E-state index contributed by atoms with van der Waals surface area (Å²) in [7, 11) is 1.57. The molecule has 0 saturated heterocycles. The van der Waals surface area contributed by atoms with Crippen LogP contribution in [-0.2, 0) is 9.53 Å². The molecule has 0 bridgehead atoms. The third kappa shape index (κ3) is 3.17. The van der Waals surface area contributed by atoms with E-state index in [2.05, 4.69) is 20.9 Å². The maximum absolute atomic E-state index is 13.7. The van der Waals surface area contributed by atoms with Gasteiger partial charge in [0.2, 0.25) is 5.90 Å². The number of hydrogen-bond acceptors (Lipinski definition) is 4. The van der Waals surface area contributed by atoms with Gasteiger partial charge in [-0.2, -0.15) is 0 Å². The Hall–Kier alpha value is -2.47. The van der Waals surface area contributed by atoms with Crippen molar-refractivity contribution >= 4 is 33.9 Å². The van der Waals surface area contributed by atoms with Gasteiger partial charge in [0.25, 0.3) is 0 Å². The predicted octanol–water partition coefficient (Wildman–Crippen LogP) is 3.94. The lowest BCUT2D eigenvalue weighted by Gasteiger charge is -2.03. The normalized spacial score (nSPS) is 15.5. The number of cyclic esters (lactones) is 1. The molecule has 6 heteroatoms. The van der Waals surface area contributed by atoms with E-state index in [0.717, 1.165) is 10.0 Å². The van der Waals surface area contributed by atoms with E-state index in [9.17, 15) is 9.18 Å². The van der Waals surface area contributed by atoms with Crippen LogP contribution in [0.1, 0.15) is 11.1 Å². The van der Waals surface area contributed by atoms with Gasteiger partial charge >= 0.3 is 5.97 Å². The fourth-order valence-corrected chi connectivity index (χ4v) is 2.65. The summed E-state index contributed by atoms with van der Waals surface area (Å²) < 4.78 is 24.7. The molecule has 1 aliphatic rings. The third-order valence-electron chi connectivity index (χ3n) is 3.20. The Morgan fingerprint density at radius 3 is 2.74 bits per heavy atom. The molecule has 2 aromatic rings. The van der Waals surface area contributed by atoms with E-state index in [1.54, 1.807) is 43.5 Å². The number of nitrogens with zero attached hydrogens (tertiary/aromatic N) is 1. The Morgan fingerprint density at radius 1 is 1.26 bits per heavy atom. The molecule has 0 saturated carbocycles. The van der Waals surface area contributed by atoms with Crippen molar-refractivity contribution in [1.29, 1.82) is 0 Å². The number of benzene rings is 2. The summed E-state index contributed by atoms with van der Waals surface area (Å²) in [6, 6.07) is 11.3. The fraction of sp³-hybridized carbons (Fsp3) is 0.0588. The lowest BCUT2D eigenvalue weighted by Crippen LogP contribution is -2.07. The predicted molar refractivity (Wildman–Crippen MR) is 87.7 cm³/mol. The largest absolute Gasteiger partial charge is 0.496 e. The molecule has 0 atom stereocenters. The van der Waals surface area contributed by atoms with E-state index in [4.69, 9.17) is 9.47 Å². The molecule has 0 N–H and O–H groups in total. The van der Waals surface area contributed by atoms with E-state index in [-0.39, 0.29) is 17.2 Å². The number of methoxy groups -OCH3 is 1. The third-order valence-corrected chi connectivity index (χ3v) is 3.82. The van der Waals surface area contributed by atoms with E-state index in [1.807, 2.05) is 0 Å². The van der Waals surface area contributed by atoms with Gasteiger partial charge in [0, 0.05) is 0 Å². The zero-order valence-electron chi connectivity index (χ0n) is 12.0. The molecule has 1 aliphatic heterocycles. The minimum atomic E-state index is -0.616. The molecule has 0 aromatic heterocycles. The standard InChI is InChI=1S/C17H11BrFNO3/c1-22-15-7-6-10(8-12(15)18)9-14-17(21)23-16(20-14)11-4-2-3-5-13(11)19/h2-9H,1H3. The lowest BCUT2D eigenvalue weighted by atomic mass is 10.2. The quantitative estimate of drug-likeness (QED) is 0.602. The minimum absolute atomic E-state index is 0.0353. The van der Waals surface area contributed by atoms with Gasteiger partial charge in [-0.05, 0) is 51.8 Å². The van der Waals surface area contributed by atoms with Gasteiger partial charge in [0.15, 0.2) is 5.70 Å². The van der Waals surface area contributed by atoms with Gasteiger partial charge in [-0.1, -0.05) is 18.2 Å². The van der Waals surface area contributed by atoms with E-state index in [1.165, 1.54) is 12.1 Å². The second-order valence-corrected chi connectivity index (χ2v) is 5.56. The molecule has 0 radical (unpaired) electrons. The summed E-state index contributed by atoms with van der Waals surface area (Å²) in [6.07, 6.45) is 1.57. The molecule has 23 heavy (non-hydrogen) atoms. The molecule has 0 aliphatic carbocycles. The Balaban J connectivity index is 1.95. The van der Waals surface area contributed by atoms with E-state index >= 15 is 0 Å². The Bertz CT molecular complexity index is 845. The smallest absolute Gasteiger partial charge is 0.363 e. The average Bonchev–Trinajstić information content (AvgIpc) is 2.89. The molecule has 0 unspecified atom stereocenters. The highest BCUT2D eigenvalue weighted by atomic mass is 79.9. The van der Waals surface area contributed by atoms with E-state index in [0.29, 0.717) is 5.75 Å². The van der Waals surface area contributed by atoms with Crippen LogP contribution in [0, 0.1) is 5.82 Å². The number of halogens is 2. The van der Waals surface area contributed by atoms with Gasteiger partial charge in [-0.3, -0.25) is 0 Å². The van der Waals surface area contributed by atoms with Gasteiger partial charge in [-0.25, -0.2) is 14.2 Å². The molecule has 3 rings (SSSR count). The number of carbonyl (C=O) groups excluding carboxylic acids is 1. The molecule has 2 aromatic carbocycles. The molecule has 116 valence electrons. The number of carbonyl (C=O) groups is 1. The SMILES string of the molecule is COc1ccc(C=C2N=C(c3ccccc3F)OC2=O)cc1Br. The molecule has 4 nitrogen and oxygen atoms in total. The molecular formula is C17H11BrFNO3. The number of rotatable bonds is 3. The highest BCUT2D eigenvalue weighted by Gasteiger charge is 2.25. The van der Waals surface area contributed by atoms with Crippen molar-refractivity contribution in [3.63, 3.8) is 0 Å². The average molecular weight is 376 g/mol. The fourth-order valence-electron chi connectivity index (χ4n) is 2.09. The first-order valence-electron chi connectivity index (χ1n) is 6.69. The highest BCUT2D eigenvalue weighted by Crippen LogP contribution is 2.27. The first kappa shape index (κ1) is 15.4. The van der Waals surface area contributed by atoms with Gasteiger partial charge in [-0.15, -0.1) is 0 Å². The second-order valence-electron chi connectivity index (χ2n) is 4.71. The zero-order chi connectivity index (χ0) is 16.4. The van der Waals surface area contributed by atoms with Gasteiger partial charge in [0.05, 0.1) is 17.1 Å². The van der Waals surface area contributed by atoms with Crippen molar-refractivity contribution < 1.29 is 18.7 Å². The minimum Gasteiger partial charge on any atom is -0.496 e. The summed E-state index contributed by atoms with van der Waals surface area (Å²) in [4.78, 5) is 16.0. The molecule has 0 spiro atoms. The Labute approximate surface area is 140 Å². The second kappa shape index (κ2) is 6.34. The first-order chi connectivity index (χ1) is 11.1. The van der Waals surface area contributed by atoms with Crippen LogP contribution in [-0.4, -0.2) is 19.0 Å². The van der Waals surface area contributed by atoms with Crippen LogP contribution in [0.3, 0.4) is 0 Å². The summed E-state index contributed by atoms with van der Waals surface area (Å²) in [5.41, 5.74) is 1.00. The number of hydrogen-bond donors (Lipinski definition) is 0. The first-order valence-corrected chi connectivity index (χ1v) is 7.49. The van der Waals surface area contributed by atoms with Crippen LogP contribution in [0.5, 0.6) is 5.75 Å². The number of esters is 1. The van der Waals surface area contributed by atoms with Crippen LogP contribution in [0.15, 0.2) is 57.6 Å². The van der Waals surface area contributed by atoms with Gasteiger partial charge in [0.1, 0.15) is 11.6 Å². The maximum atomic E-state index is 13.7. The summed E-state index contributed by atoms with van der Waals surface area (Å²) in [5.74, 6) is -0.466. The van der Waals surface area contributed by atoms with Crippen LogP contribution < -0.4 is 4.74 Å². The summed E-state index contributed by atoms with van der Waals surface area (Å²) >= 11 is 3.37. The topological polar surface area (TPSA) is 47.9 Å². The Morgan fingerprint density at radius 2 is 2.04 bits per heavy atom. The highest BCUT2D eigenvalue weighted by molar-refractivity contribution is 9.10. The number of ether oxygens (including phenoxy) is 2. The zero-order valence-corrected chi connectivity index (χ0v) is 13.6. The summed E-state index contributed by atoms with van der Waals surface area (Å²) in [5, 5.41) is 0. The van der Waals surface area contributed by atoms with Crippen molar-refractivity contribution in [1.82, 2.24) is 0 Å². The van der Waals surface area contributed by atoms with Crippen LogP contribution in [0.4, 0.5) is 4.39 Å². The van der Waals surface area contributed by atoms with Crippen molar-refractivity contribution in [3.05, 3.63) is 69.6 Å². The van der Waals surface area contributed by atoms with Crippen molar-refractivity contribution in [2.24, 2.45) is 4.99 Å². The molecule has 0 amide bonds. The van der Waals surface area contributed by atoms with Crippen LogP contribution in [0.2, 0.25) is 0 Å². The maximum Gasteiger partial charge on any atom is 0.363 e. The number of aliphatic imine (C=N–C) groups is 1. The summed E-state index contributed by atoms with van der Waals surface area (Å²) in [6.45, 7) is 0. The van der Waals surface area contributed by atoms with Crippen LogP contribution in [0.25, 0.3) is 6.08 Å². The van der Waals surface area contributed by atoms with Crippen LogP contribution >= 0.6 is 15.9 Å². The van der Waals surface area contributed by atoms with Crippen molar-refractivity contribution in [3.8, 4) is 5.75 Å². The van der Waals surface area contributed by atoms with E-state index < -0.39 is 11.8 Å². The van der Waals surface area contributed by atoms with Crippen molar-refractivity contribution in [2.45, 2.75) is 0 Å². The monoisotopic (exact) mass is 375 g/mol. The van der Waals surface area contributed by atoms with Crippen molar-refractivity contribution in [2.75, 3.05) is 7.11 Å².